The Morgan fingerprint density at radius 1 is 0.982 bits per heavy atom. The molecule has 1 N–H and O–H groups in total. The van der Waals surface area contributed by atoms with Gasteiger partial charge in [-0.1, -0.05) is 82.8 Å². The van der Waals surface area contributed by atoms with Gasteiger partial charge in [0.1, 0.15) is 12.2 Å². The van der Waals surface area contributed by atoms with Crippen LogP contribution in [0.15, 0.2) is 71.9 Å². The average Bonchev–Trinajstić information content (AvgIpc) is 3.54. The van der Waals surface area contributed by atoms with Crippen LogP contribution in [0.25, 0.3) is 22.2 Å². The van der Waals surface area contributed by atoms with E-state index >= 15 is 0 Å². The molecule has 0 radical (unpaired) electrons. The van der Waals surface area contributed by atoms with Crippen LogP contribution >= 0.6 is 46.4 Å². The summed E-state index contributed by atoms with van der Waals surface area (Å²) in [5, 5.41) is 4.42. The Hall–Kier alpha value is -3.49. The summed E-state index contributed by atoms with van der Waals surface area (Å²) < 4.78 is 38.1. The van der Waals surface area contributed by atoms with E-state index in [1.165, 1.54) is 10.2 Å². The van der Waals surface area contributed by atoms with E-state index < -0.39 is 25.5 Å². The third-order valence-corrected chi connectivity index (χ3v) is 12.0. The minimum Gasteiger partial charge on any atom is -0.445 e. The zero-order chi connectivity index (χ0) is 39.5. The Bertz CT molecular complexity index is 2100. The summed E-state index contributed by atoms with van der Waals surface area (Å²) in [5.74, 6) is 0.471. The van der Waals surface area contributed by atoms with Crippen molar-refractivity contribution in [2.45, 2.75) is 85.7 Å². The van der Waals surface area contributed by atoms with E-state index in [0.717, 1.165) is 19.3 Å². The highest BCUT2D eigenvalue weighted by atomic mass is 35.6. The van der Waals surface area contributed by atoms with Crippen molar-refractivity contribution in [3.63, 3.8) is 0 Å². The fourth-order valence-electron chi connectivity index (χ4n) is 7.13. The number of piperidine rings is 1. The van der Waals surface area contributed by atoms with Gasteiger partial charge >= 0.3 is 12.2 Å². The Morgan fingerprint density at radius 3 is 2.36 bits per heavy atom. The predicted octanol–water partition coefficient (Wildman–Crippen LogP) is 9.17. The number of halogens is 4. The Morgan fingerprint density at radius 2 is 1.67 bits per heavy atom. The molecule has 2 fully saturated rings. The molecule has 296 valence electrons. The quantitative estimate of drug-likeness (QED) is 0.164. The van der Waals surface area contributed by atoms with Gasteiger partial charge in [0.15, 0.2) is 0 Å². The van der Waals surface area contributed by atoms with Crippen LogP contribution in [0, 0.1) is 5.92 Å². The Kier molecular flexibility index (Phi) is 12.7. The molecule has 17 heteroatoms. The number of likely N-dealkylation sites (tertiary alicyclic amines) is 1. The largest absolute Gasteiger partial charge is 0.445 e. The lowest BCUT2D eigenvalue weighted by molar-refractivity contribution is 0.00426. The van der Waals surface area contributed by atoms with Crippen LogP contribution in [0.3, 0.4) is 0 Å². The van der Waals surface area contributed by atoms with Gasteiger partial charge in [0, 0.05) is 48.9 Å². The lowest BCUT2D eigenvalue weighted by Crippen LogP contribution is -2.50. The predicted molar refractivity (Wildman–Crippen MR) is 216 cm³/mol. The summed E-state index contributed by atoms with van der Waals surface area (Å²) in [6, 6.07) is 15.3. The first-order valence-electron chi connectivity index (χ1n) is 18.2. The van der Waals surface area contributed by atoms with Crippen molar-refractivity contribution in [2.24, 2.45) is 5.92 Å². The average molecular weight is 855 g/mol. The van der Waals surface area contributed by atoms with Crippen molar-refractivity contribution in [1.29, 1.82) is 0 Å². The smallest absolute Gasteiger partial charge is 0.410 e. The van der Waals surface area contributed by atoms with Gasteiger partial charge < -0.3 is 24.6 Å². The minimum atomic E-state index is -3.92. The molecule has 0 unspecified atom stereocenters. The van der Waals surface area contributed by atoms with Crippen molar-refractivity contribution in [3.05, 3.63) is 72.0 Å². The molecule has 0 bridgehead atoms. The zero-order valence-electron chi connectivity index (χ0n) is 30.8. The van der Waals surface area contributed by atoms with Crippen LogP contribution in [0.4, 0.5) is 15.5 Å². The van der Waals surface area contributed by atoms with Gasteiger partial charge in [0.25, 0.3) is 10.0 Å². The van der Waals surface area contributed by atoms with E-state index in [1.54, 1.807) is 53.6 Å². The first kappa shape index (κ1) is 41.2. The topological polar surface area (TPSA) is 136 Å². The summed E-state index contributed by atoms with van der Waals surface area (Å²) >= 11 is 23.9. The normalized spacial score (nSPS) is 18.6. The van der Waals surface area contributed by atoms with Crippen molar-refractivity contribution < 1.29 is 27.5 Å². The van der Waals surface area contributed by atoms with Crippen LogP contribution in [-0.4, -0.2) is 92.1 Å². The highest BCUT2D eigenvalue weighted by molar-refractivity contribution is 7.90. The second-order valence-electron chi connectivity index (χ2n) is 15.0. The van der Waals surface area contributed by atoms with Gasteiger partial charge in [-0.05, 0) is 83.4 Å². The number of amides is 2. The molecule has 12 nitrogen and oxygen atoms in total. The standard InChI is InChI=1S/C38H44Cl4N6O6S/c1-37(2,3)54-36(50)47(22-25-16-18-46(19-17-25)35(49)53-24-38(40,41)42)27-11-9-10-26(20-27)44-34-43-21-31(39)33(45-34)30-23-48(32-15-8-7-14-29(30)32)55(51,52)28-12-5-4-6-13-28/h4-8,12-15,21,23,25-27H,9-11,16-20,22,24H2,1-3H3,(H,43,44,45)/t26-,27+/m1/s1. The van der Waals surface area contributed by atoms with E-state index in [0.29, 0.717) is 67.0 Å². The van der Waals surface area contributed by atoms with Crippen molar-refractivity contribution in [2.75, 3.05) is 31.6 Å². The number of hydrogen-bond acceptors (Lipinski definition) is 9. The summed E-state index contributed by atoms with van der Waals surface area (Å²) in [5.41, 5.74) is 0.748. The summed E-state index contributed by atoms with van der Waals surface area (Å²) in [6.07, 6.45) is 6.57. The highest BCUT2D eigenvalue weighted by Gasteiger charge is 2.36. The molecule has 4 aromatic rings. The molecule has 55 heavy (non-hydrogen) atoms. The van der Waals surface area contributed by atoms with Gasteiger partial charge in [-0.3, -0.25) is 0 Å². The number of carbonyl (C=O) groups is 2. The van der Waals surface area contributed by atoms with E-state index in [9.17, 15) is 18.0 Å². The number of rotatable bonds is 9. The molecule has 1 saturated heterocycles. The Balaban J connectivity index is 1.18. The number of hydrogen-bond donors (Lipinski definition) is 1. The van der Waals surface area contributed by atoms with Crippen molar-refractivity contribution in [1.82, 2.24) is 23.7 Å². The van der Waals surface area contributed by atoms with E-state index in [2.05, 4.69) is 10.3 Å². The van der Waals surface area contributed by atoms with Crippen LogP contribution in [-0.2, 0) is 19.5 Å². The summed E-state index contributed by atoms with van der Waals surface area (Å²) in [6.45, 7) is 6.58. The lowest BCUT2D eigenvalue weighted by atomic mass is 9.88. The number of para-hydroxylation sites is 1. The highest BCUT2D eigenvalue weighted by Crippen LogP contribution is 2.37. The second-order valence-corrected chi connectivity index (χ2v) is 19.7. The van der Waals surface area contributed by atoms with Crippen LogP contribution in [0.2, 0.25) is 5.02 Å². The number of nitrogens with zero attached hydrogens (tertiary/aromatic N) is 5. The first-order chi connectivity index (χ1) is 26.0. The molecule has 1 aliphatic heterocycles. The molecule has 6 rings (SSSR count). The number of benzene rings is 2. The molecule has 2 amide bonds. The van der Waals surface area contributed by atoms with Gasteiger partial charge in [-0.15, -0.1) is 0 Å². The number of aromatic nitrogens is 3. The molecule has 2 atom stereocenters. The summed E-state index contributed by atoms with van der Waals surface area (Å²) in [4.78, 5) is 39.2. The maximum atomic E-state index is 13.8. The number of fused-ring (bicyclic) bond motifs is 1. The van der Waals surface area contributed by atoms with E-state index in [1.807, 2.05) is 37.8 Å². The van der Waals surface area contributed by atoms with Crippen LogP contribution in [0.5, 0.6) is 0 Å². The number of carbonyl (C=O) groups excluding carboxylic acids is 2. The second kappa shape index (κ2) is 16.9. The minimum absolute atomic E-state index is 0.0768. The SMILES string of the molecule is CC(C)(C)OC(=O)N(CC1CCN(C(=O)OCC(Cl)(Cl)Cl)CC1)[C@H]1CCC[C@@H](Nc2ncc(Cl)c(-c3cn(S(=O)(=O)c4ccccc4)c4ccccc34)n2)C1. The van der Waals surface area contributed by atoms with Crippen LogP contribution in [0.1, 0.15) is 59.3 Å². The van der Waals surface area contributed by atoms with Gasteiger partial charge in [-0.25, -0.2) is 31.9 Å². The maximum absolute atomic E-state index is 13.8. The van der Waals surface area contributed by atoms with E-state index in [4.69, 9.17) is 60.9 Å². The fraction of sp³-hybridized carbons (Fsp3) is 0.474. The number of nitrogens with one attached hydrogen (secondary N) is 1. The number of ether oxygens (including phenoxy) is 2. The van der Waals surface area contributed by atoms with Gasteiger partial charge in [-0.2, -0.15) is 0 Å². The van der Waals surface area contributed by atoms with Crippen molar-refractivity contribution in [3.8, 4) is 11.3 Å². The molecule has 1 saturated carbocycles. The molecule has 2 aromatic heterocycles. The fourth-order valence-corrected chi connectivity index (χ4v) is 8.88. The van der Waals surface area contributed by atoms with Crippen molar-refractivity contribution >= 4 is 85.5 Å². The lowest BCUT2D eigenvalue weighted by Gasteiger charge is -2.41. The number of anilines is 1. The monoisotopic (exact) mass is 852 g/mol. The molecule has 1 aliphatic carbocycles. The van der Waals surface area contributed by atoms with E-state index in [-0.39, 0.29) is 40.6 Å². The molecule has 2 aromatic carbocycles. The summed E-state index contributed by atoms with van der Waals surface area (Å²) in [7, 11) is -3.92. The number of alkyl halides is 3. The molecule has 3 heterocycles. The van der Waals surface area contributed by atoms with Gasteiger partial charge in [0.2, 0.25) is 9.74 Å². The molecular weight excluding hydrogens is 810 g/mol. The Labute approximate surface area is 341 Å². The third kappa shape index (κ3) is 10.3. The molecule has 0 spiro atoms. The third-order valence-electron chi connectivity index (χ3n) is 9.71. The zero-order valence-corrected chi connectivity index (χ0v) is 34.6. The first-order valence-corrected chi connectivity index (χ1v) is 21.1. The maximum Gasteiger partial charge on any atom is 0.410 e. The molecule has 2 aliphatic rings. The molecular formula is C38H44Cl4N6O6S. The van der Waals surface area contributed by atoms with Gasteiger partial charge in [0.05, 0.1) is 27.3 Å². The van der Waals surface area contributed by atoms with Crippen LogP contribution < -0.4 is 5.32 Å².